The van der Waals surface area contributed by atoms with E-state index in [1.54, 1.807) is 6.92 Å². The molecule has 1 fully saturated rings. The maximum atomic E-state index is 12.3. The average molecular weight is 308 g/mol. The fourth-order valence-electron chi connectivity index (χ4n) is 2.76. The van der Waals surface area contributed by atoms with Gasteiger partial charge in [0.2, 0.25) is 0 Å². The van der Waals surface area contributed by atoms with Crippen LogP contribution in [0.1, 0.15) is 47.3 Å². The van der Waals surface area contributed by atoms with Crippen molar-refractivity contribution in [3.8, 4) is 0 Å². The highest BCUT2D eigenvalue weighted by Crippen LogP contribution is 2.28. The number of carbonyl (C=O) groups excluding carboxylic acids is 1. The van der Waals surface area contributed by atoms with Gasteiger partial charge in [-0.3, -0.25) is 14.8 Å². The van der Waals surface area contributed by atoms with Gasteiger partial charge in [0, 0.05) is 0 Å². The fourth-order valence-corrected chi connectivity index (χ4v) is 3.84. The molecule has 112 valence electrons. The molecule has 0 saturated heterocycles. The van der Waals surface area contributed by atoms with Gasteiger partial charge in [-0.25, -0.2) is 9.59 Å². The smallest absolute Gasteiger partial charge is 0.348 e. The molecule has 0 aromatic carbocycles. The van der Waals surface area contributed by atoms with E-state index < -0.39 is 17.2 Å². The molecular weight excluding hydrogens is 292 g/mol. The minimum Gasteiger partial charge on any atom is -0.458 e. The van der Waals surface area contributed by atoms with Crippen LogP contribution < -0.4 is 11.2 Å². The van der Waals surface area contributed by atoms with E-state index in [-0.39, 0.29) is 6.10 Å². The van der Waals surface area contributed by atoms with Crippen LogP contribution in [-0.4, -0.2) is 22.0 Å². The molecule has 0 unspecified atom stereocenters. The Balaban J connectivity index is 1.94. The van der Waals surface area contributed by atoms with Crippen molar-refractivity contribution in [1.29, 1.82) is 0 Å². The third kappa shape index (κ3) is 2.65. The number of hydrogen-bond acceptors (Lipinski definition) is 5. The largest absolute Gasteiger partial charge is 0.458 e. The Morgan fingerprint density at radius 2 is 1.90 bits per heavy atom. The molecule has 21 heavy (non-hydrogen) atoms. The van der Waals surface area contributed by atoms with Crippen LogP contribution in [0, 0.1) is 6.92 Å². The Morgan fingerprint density at radius 1 is 1.19 bits per heavy atom. The number of aromatic amines is 2. The van der Waals surface area contributed by atoms with Crippen LogP contribution >= 0.6 is 11.3 Å². The second-order valence-corrected chi connectivity index (χ2v) is 6.35. The predicted octanol–water partition coefficient (Wildman–Crippen LogP) is 2.08. The number of ether oxygens (including phenoxy) is 1. The van der Waals surface area contributed by atoms with E-state index in [1.807, 2.05) is 0 Å². The molecule has 0 atom stereocenters. The molecule has 1 aliphatic rings. The Morgan fingerprint density at radius 3 is 2.62 bits per heavy atom. The number of esters is 1. The van der Waals surface area contributed by atoms with Crippen molar-refractivity contribution in [1.82, 2.24) is 9.97 Å². The third-order valence-corrected chi connectivity index (χ3v) is 5.03. The normalized spacial score (nSPS) is 16.2. The summed E-state index contributed by atoms with van der Waals surface area (Å²) in [5.41, 5.74) is -0.478. The molecule has 1 saturated carbocycles. The molecule has 0 aliphatic heterocycles. The van der Waals surface area contributed by atoms with E-state index in [0.29, 0.717) is 20.7 Å². The Hall–Kier alpha value is -1.89. The number of fused-ring (bicyclic) bond motifs is 1. The summed E-state index contributed by atoms with van der Waals surface area (Å²) >= 11 is 1.10. The minimum absolute atomic E-state index is 0.0341. The number of thiophene rings is 1. The SMILES string of the molecule is Cc1c(C(=O)OC2CCCCC2)sc2[nH]c(=O)[nH]c(=O)c12. The first-order valence-electron chi connectivity index (χ1n) is 7.03. The standard InChI is InChI=1S/C14H16N2O4S/c1-7-9-11(17)15-14(19)16-12(9)21-10(7)13(18)20-8-5-3-2-4-6-8/h8H,2-6H2,1H3,(H2,15,16,17,19). The topological polar surface area (TPSA) is 92.0 Å². The fraction of sp³-hybridized carbons (Fsp3) is 0.500. The van der Waals surface area contributed by atoms with Crippen molar-refractivity contribution in [2.45, 2.75) is 45.1 Å². The summed E-state index contributed by atoms with van der Waals surface area (Å²) in [6.45, 7) is 1.70. The van der Waals surface area contributed by atoms with Crippen molar-refractivity contribution in [3.05, 3.63) is 31.3 Å². The molecule has 7 heteroatoms. The Kier molecular flexibility index (Phi) is 3.67. The summed E-state index contributed by atoms with van der Waals surface area (Å²) in [6, 6.07) is 0. The van der Waals surface area contributed by atoms with Crippen molar-refractivity contribution in [2.24, 2.45) is 0 Å². The van der Waals surface area contributed by atoms with Crippen LogP contribution in [0.2, 0.25) is 0 Å². The lowest BCUT2D eigenvalue weighted by atomic mass is 9.98. The molecule has 2 heterocycles. The maximum absolute atomic E-state index is 12.3. The van der Waals surface area contributed by atoms with Gasteiger partial charge in [-0.15, -0.1) is 11.3 Å². The number of rotatable bonds is 2. The summed E-state index contributed by atoms with van der Waals surface area (Å²) in [5.74, 6) is -0.402. The average Bonchev–Trinajstić information content (AvgIpc) is 2.77. The minimum atomic E-state index is -0.569. The highest BCUT2D eigenvalue weighted by molar-refractivity contribution is 7.20. The Labute approximate surface area is 124 Å². The molecule has 1 aliphatic carbocycles. The number of H-pyrrole nitrogens is 2. The maximum Gasteiger partial charge on any atom is 0.348 e. The van der Waals surface area contributed by atoms with Crippen LogP contribution in [-0.2, 0) is 4.74 Å². The number of aromatic nitrogens is 2. The van der Waals surface area contributed by atoms with Crippen LogP contribution in [0.5, 0.6) is 0 Å². The van der Waals surface area contributed by atoms with Gasteiger partial charge in [0.1, 0.15) is 15.8 Å². The molecule has 0 bridgehead atoms. The quantitative estimate of drug-likeness (QED) is 0.831. The van der Waals surface area contributed by atoms with Gasteiger partial charge in [-0.1, -0.05) is 6.42 Å². The van der Waals surface area contributed by atoms with E-state index >= 15 is 0 Å². The number of nitrogens with one attached hydrogen (secondary N) is 2. The van der Waals surface area contributed by atoms with Crippen LogP contribution in [0.15, 0.2) is 9.59 Å². The van der Waals surface area contributed by atoms with Crippen molar-refractivity contribution in [2.75, 3.05) is 0 Å². The molecule has 0 amide bonds. The van der Waals surface area contributed by atoms with E-state index in [2.05, 4.69) is 9.97 Å². The van der Waals surface area contributed by atoms with E-state index in [4.69, 9.17) is 4.74 Å². The zero-order chi connectivity index (χ0) is 15.0. The second-order valence-electron chi connectivity index (χ2n) is 5.33. The molecule has 2 aromatic heterocycles. The first-order valence-corrected chi connectivity index (χ1v) is 7.84. The van der Waals surface area contributed by atoms with Crippen LogP contribution in [0.3, 0.4) is 0 Å². The lowest BCUT2D eigenvalue weighted by Crippen LogP contribution is -2.21. The highest BCUT2D eigenvalue weighted by Gasteiger charge is 2.23. The van der Waals surface area contributed by atoms with Crippen LogP contribution in [0.4, 0.5) is 0 Å². The summed E-state index contributed by atoms with van der Waals surface area (Å²) in [7, 11) is 0. The Bertz CT molecular complexity index is 795. The van der Waals surface area contributed by atoms with E-state index in [0.717, 1.165) is 37.0 Å². The van der Waals surface area contributed by atoms with Crippen LogP contribution in [0.25, 0.3) is 10.2 Å². The molecule has 2 aromatic rings. The molecule has 6 nitrogen and oxygen atoms in total. The monoisotopic (exact) mass is 308 g/mol. The summed E-state index contributed by atoms with van der Waals surface area (Å²) in [5, 5.41) is 0.357. The van der Waals surface area contributed by atoms with Gasteiger partial charge >= 0.3 is 11.7 Å². The van der Waals surface area contributed by atoms with Crippen molar-refractivity contribution >= 4 is 27.5 Å². The molecule has 3 rings (SSSR count). The zero-order valence-corrected chi connectivity index (χ0v) is 12.5. The van der Waals surface area contributed by atoms with E-state index in [1.165, 1.54) is 6.42 Å². The molecule has 0 spiro atoms. The van der Waals surface area contributed by atoms with Gasteiger partial charge in [0.15, 0.2) is 0 Å². The van der Waals surface area contributed by atoms with Crippen molar-refractivity contribution < 1.29 is 9.53 Å². The van der Waals surface area contributed by atoms with Crippen molar-refractivity contribution in [3.63, 3.8) is 0 Å². The van der Waals surface area contributed by atoms with Gasteiger partial charge < -0.3 is 4.74 Å². The summed E-state index contributed by atoms with van der Waals surface area (Å²) < 4.78 is 5.53. The van der Waals surface area contributed by atoms with Gasteiger partial charge in [0.25, 0.3) is 5.56 Å². The summed E-state index contributed by atoms with van der Waals surface area (Å²) in [6.07, 6.45) is 5.10. The molecule has 0 radical (unpaired) electrons. The first-order chi connectivity index (χ1) is 10.1. The third-order valence-electron chi connectivity index (χ3n) is 3.84. The molecule has 2 N–H and O–H groups in total. The number of carbonyl (C=O) groups is 1. The van der Waals surface area contributed by atoms with Gasteiger partial charge in [-0.2, -0.15) is 0 Å². The highest BCUT2D eigenvalue weighted by atomic mass is 32.1. The predicted molar refractivity (Wildman–Crippen MR) is 80.1 cm³/mol. The summed E-state index contributed by atoms with van der Waals surface area (Å²) in [4.78, 5) is 40.9. The zero-order valence-electron chi connectivity index (χ0n) is 11.7. The number of aryl methyl sites for hydroxylation is 1. The van der Waals surface area contributed by atoms with Gasteiger partial charge in [0.05, 0.1) is 5.39 Å². The lowest BCUT2D eigenvalue weighted by Gasteiger charge is -2.21. The first kappa shape index (κ1) is 14.1. The van der Waals surface area contributed by atoms with Gasteiger partial charge in [-0.05, 0) is 38.2 Å². The molecular formula is C14H16N2O4S. The lowest BCUT2D eigenvalue weighted by molar-refractivity contribution is 0.0216. The number of hydrogen-bond donors (Lipinski definition) is 2. The second kappa shape index (κ2) is 5.48. The van der Waals surface area contributed by atoms with E-state index in [9.17, 15) is 14.4 Å².